The number of alkyl halides is 3. The first-order chi connectivity index (χ1) is 17.6. The van der Waals surface area contributed by atoms with Crippen LogP contribution in [0.5, 0.6) is 0 Å². The van der Waals surface area contributed by atoms with Crippen molar-refractivity contribution in [3.63, 3.8) is 0 Å². The fourth-order valence-electron chi connectivity index (χ4n) is 7.21. The van der Waals surface area contributed by atoms with E-state index in [0.29, 0.717) is 11.4 Å². The number of thioether (sulfide) groups is 1. The lowest BCUT2D eigenvalue weighted by molar-refractivity contribution is -0.137. The summed E-state index contributed by atoms with van der Waals surface area (Å²) >= 11 is 8.82. The number of nitrogens with one attached hydrogen (secondary N) is 1. The number of H-pyrrole nitrogens is 1. The van der Waals surface area contributed by atoms with E-state index in [4.69, 9.17) is 11.6 Å². The minimum atomic E-state index is -4.70. The average Bonchev–Trinajstić information content (AvgIpc) is 3.58. The number of thiazole rings is 1. The molecule has 2 amide bonds. The minimum absolute atomic E-state index is 0.0362. The van der Waals surface area contributed by atoms with Gasteiger partial charge < -0.3 is 4.98 Å². The van der Waals surface area contributed by atoms with Crippen molar-refractivity contribution in [3.05, 3.63) is 79.2 Å². The van der Waals surface area contributed by atoms with Crippen molar-refractivity contribution in [2.45, 2.75) is 28.8 Å². The summed E-state index contributed by atoms with van der Waals surface area (Å²) in [6.45, 7) is 0. The van der Waals surface area contributed by atoms with Crippen LogP contribution in [0, 0.1) is 29.6 Å². The molecule has 6 unspecified atom stereocenters. The summed E-state index contributed by atoms with van der Waals surface area (Å²) in [5, 5.41) is 1.31. The number of aromatic nitrogens is 1. The summed E-state index contributed by atoms with van der Waals surface area (Å²) in [6, 6.07) is 12.2. The SMILES string of the molecule is O=C1C2C3CC(C2C(=O)N1c1ccccc1C(F)(F)F)C1C3Sc2[nH]c(=O)sc2[C@@H]1c1ccc(Cl)cc1. The fourth-order valence-corrected chi connectivity index (χ4v) is 10.2. The number of rotatable bonds is 2. The van der Waals surface area contributed by atoms with Gasteiger partial charge in [-0.25, -0.2) is 4.90 Å². The van der Waals surface area contributed by atoms with E-state index in [-0.39, 0.29) is 33.8 Å². The van der Waals surface area contributed by atoms with Gasteiger partial charge in [0.25, 0.3) is 0 Å². The van der Waals surface area contributed by atoms with Crippen LogP contribution in [0.3, 0.4) is 0 Å². The Morgan fingerprint density at radius 1 is 0.946 bits per heavy atom. The molecule has 3 fully saturated rings. The molecule has 7 rings (SSSR count). The molecule has 11 heteroatoms. The number of imide groups is 1. The molecule has 2 bridgehead atoms. The van der Waals surface area contributed by atoms with E-state index in [0.717, 1.165) is 37.8 Å². The van der Waals surface area contributed by atoms with Crippen LogP contribution in [0.2, 0.25) is 5.02 Å². The number of hydrogen-bond donors (Lipinski definition) is 1. The quantitative estimate of drug-likeness (QED) is 0.402. The third-order valence-electron chi connectivity index (χ3n) is 8.40. The number of amides is 2. The van der Waals surface area contributed by atoms with Crippen LogP contribution in [-0.2, 0) is 15.8 Å². The number of benzene rings is 2. The highest BCUT2D eigenvalue weighted by Crippen LogP contribution is 2.68. The first-order valence-corrected chi connectivity index (χ1v) is 13.9. The summed E-state index contributed by atoms with van der Waals surface area (Å²) in [7, 11) is 0. The summed E-state index contributed by atoms with van der Waals surface area (Å²) < 4.78 is 41.3. The highest BCUT2D eigenvalue weighted by Gasteiger charge is 2.70. The number of aromatic amines is 1. The van der Waals surface area contributed by atoms with E-state index in [1.165, 1.54) is 30.0 Å². The van der Waals surface area contributed by atoms with Crippen LogP contribution < -0.4 is 9.77 Å². The molecule has 2 aliphatic heterocycles. The Balaban J connectivity index is 1.32. The van der Waals surface area contributed by atoms with Gasteiger partial charge >= 0.3 is 11.0 Å². The third kappa shape index (κ3) is 3.28. The molecule has 2 saturated carbocycles. The van der Waals surface area contributed by atoms with E-state index in [2.05, 4.69) is 4.98 Å². The molecule has 3 aromatic rings. The zero-order valence-electron chi connectivity index (χ0n) is 18.9. The number of hydrogen-bond acceptors (Lipinski definition) is 5. The van der Waals surface area contributed by atoms with Crippen LogP contribution in [0.4, 0.5) is 18.9 Å². The standard InChI is InChI=1S/C26H18ClF3N2O3S2/c27-11-7-5-10(6-8-11)16-17-12-9-13(20(17)36-22-21(16)37-25(35)31-22)19-18(12)23(33)32(24(19)34)15-4-2-1-3-14(15)26(28,29)30/h1-8,12-13,16-20H,9H2,(H,31,35)/t12?,13?,16-,17?,18?,19?,20?/m1/s1. The summed E-state index contributed by atoms with van der Waals surface area (Å²) in [6.07, 6.45) is -4.04. The molecular formula is C26H18ClF3N2O3S2. The number of anilines is 1. The Hall–Kier alpha value is -2.56. The van der Waals surface area contributed by atoms with Crippen molar-refractivity contribution >= 4 is 52.2 Å². The minimum Gasteiger partial charge on any atom is -0.307 e. The molecule has 0 spiro atoms. The average molecular weight is 563 g/mol. The lowest BCUT2D eigenvalue weighted by atomic mass is 9.68. The second-order valence-corrected chi connectivity index (χ2v) is 12.7. The number of halogens is 4. The molecule has 3 heterocycles. The van der Waals surface area contributed by atoms with Crippen LogP contribution in [0.1, 0.15) is 28.3 Å². The van der Waals surface area contributed by atoms with Crippen LogP contribution in [0.25, 0.3) is 0 Å². The fraction of sp³-hybridized carbons (Fsp3) is 0.346. The smallest absolute Gasteiger partial charge is 0.307 e. The molecule has 5 nitrogen and oxygen atoms in total. The molecule has 37 heavy (non-hydrogen) atoms. The number of nitrogens with zero attached hydrogens (tertiary/aromatic N) is 1. The predicted octanol–water partition coefficient (Wildman–Crippen LogP) is 5.79. The van der Waals surface area contributed by atoms with Gasteiger partial charge in [0.1, 0.15) is 0 Å². The monoisotopic (exact) mass is 562 g/mol. The largest absolute Gasteiger partial charge is 0.418 e. The molecule has 2 aromatic carbocycles. The molecule has 1 aromatic heterocycles. The van der Waals surface area contributed by atoms with Gasteiger partial charge in [0.05, 0.1) is 28.1 Å². The molecule has 0 radical (unpaired) electrons. The number of carbonyl (C=O) groups excluding carboxylic acids is 2. The van der Waals surface area contributed by atoms with Crippen molar-refractivity contribution in [2.24, 2.45) is 29.6 Å². The molecule has 7 atom stereocenters. The van der Waals surface area contributed by atoms with Gasteiger partial charge in [0.2, 0.25) is 11.8 Å². The highest BCUT2D eigenvalue weighted by atomic mass is 35.5. The van der Waals surface area contributed by atoms with Gasteiger partial charge in [-0.2, -0.15) is 13.2 Å². The van der Waals surface area contributed by atoms with Gasteiger partial charge in [-0.05, 0) is 54.0 Å². The number of carbonyl (C=O) groups is 2. The van der Waals surface area contributed by atoms with Crippen molar-refractivity contribution < 1.29 is 22.8 Å². The Morgan fingerprint density at radius 2 is 1.62 bits per heavy atom. The van der Waals surface area contributed by atoms with Gasteiger partial charge in [0.15, 0.2) is 0 Å². The molecule has 1 saturated heterocycles. The highest BCUT2D eigenvalue weighted by molar-refractivity contribution is 8.00. The maximum absolute atomic E-state index is 13.8. The first kappa shape index (κ1) is 23.5. The molecule has 2 aliphatic carbocycles. The van der Waals surface area contributed by atoms with E-state index >= 15 is 0 Å². The Kier molecular flexibility index (Phi) is 5.07. The van der Waals surface area contributed by atoms with E-state index < -0.39 is 41.1 Å². The third-order valence-corrected chi connectivity index (χ3v) is 11.2. The van der Waals surface area contributed by atoms with Crippen molar-refractivity contribution in [2.75, 3.05) is 4.90 Å². The number of para-hydroxylation sites is 1. The maximum atomic E-state index is 13.8. The van der Waals surface area contributed by atoms with Crippen molar-refractivity contribution in [1.29, 1.82) is 0 Å². The van der Waals surface area contributed by atoms with Crippen LogP contribution >= 0.6 is 34.7 Å². The zero-order valence-corrected chi connectivity index (χ0v) is 21.3. The number of fused-ring (bicyclic) bond motifs is 9. The maximum Gasteiger partial charge on any atom is 0.418 e. The summed E-state index contributed by atoms with van der Waals surface area (Å²) in [5.41, 5.74) is -0.418. The molecule has 1 N–H and O–H groups in total. The molecular weight excluding hydrogens is 545 g/mol. The predicted molar refractivity (Wildman–Crippen MR) is 134 cm³/mol. The van der Waals surface area contributed by atoms with Crippen LogP contribution in [-0.4, -0.2) is 22.0 Å². The Bertz CT molecular complexity index is 1520. The van der Waals surface area contributed by atoms with Gasteiger partial charge in [-0.3, -0.25) is 14.4 Å². The second-order valence-electron chi connectivity index (χ2n) is 10.0. The van der Waals surface area contributed by atoms with Crippen LogP contribution in [0.15, 0.2) is 58.4 Å². The van der Waals surface area contributed by atoms with Crippen molar-refractivity contribution in [3.8, 4) is 0 Å². The summed E-state index contributed by atoms with van der Waals surface area (Å²) in [4.78, 5) is 44.2. The van der Waals surface area contributed by atoms with E-state index in [9.17, 15) is 27.6 Å². The van der Waals surface area contributed by atoms with E-state index in [1.54, 1.807) is 12.1 Å². The van der Waals surface area contributed by atoms with Crippen molar-refractivity contribution in [1.82, 2.24) is 4.98 Å². The van der Waals surface area contributed by atoms with E-state index in [1.807, 2.05) is 12.1 Å². The summed E-state index contributed by atoms with van der Waals surface area (Å²) in [5.74, 6) is -2.99. The lowest BCUT2D eigenvalue weighted by Crippen LogP contribution is -2.42. The first-order valence-electron chi connectivity index (χ1n) is 11.8. The Morgan fingerprint density at radius 3 is 2.32 bits per heavy atom. The zero-order chi connectivity index (χ0) is 25.8. The normalized spacial score (nSPS) is 32.0. The van der Waals surface area contributed by atoms with Gasteiger partial charge in [-0.15, -0.1) is 11.8 Å². The second kappa shape index (κ2) is 7.97. The topological polar surface area (TPSA) is 70.2 Å². The Labute approximate surface area is 222 Å². The molecule has 190 valence electrons. The van der Waals surface area contributed by atoms with Gasteiger partial charge in [-0.1, -0.05) is 47.2 Å². The molecule has 4 aliphatic rings. The lowest BCUT2D eigenvalue weighted by Gasteiger charge is -2.43. The van der Waals surface area contributed by atoms with Gasteiger partial charge in [0, 0.05) is 21.1 Å².